The second kappa shape index (κ2) is 9.00. The summed E-state index contributed by atoms with van der Waals surface area (Å²) >= 11 is 0. The van der Waals surface area contributed by atoms with Crippen molar-refractivity contribution in [1.82, 2.24) is 24.6 Å². The molecule has 0 atom stereocenters. The van der Waals surface area contributed by atoms with Crippen molar-refractivity contribution in [2.75, 3.05) is 0 Å². The number of aryl methyl sites for hydroxylation is 1. The van der Waals surface area contributed by atoms with Crippen LogP contribution in [0.15, 0.2) is 72.0 Å². The van der Waals surface area contributed by atoms with Crippen molar-refractivity contribution in [3.8, 4) is 5.82 Å². The summed E-state index contributed by atoms with van der Waals surface area (Å²) in [6.07, 6.45) is 3.43. The molecule has 2 aromatic heterocycles. The van der Waals surface area contributed by atoms with Crippen molar-refractivity contribution in [1.29, 1.82) is 0 Å². The van der Waals surface area contributed by atoms with E-state index in [9.17, 15) is 13.2 Å². The molecule has 1 amide bonds. The van der Waals surface area contributed by atoms with Crippen molar-refractivity contribution in [2.45, 2.75) is 44.7 Å². The molecule has 0 spiro atoms. The van der Waals surface area contributed by atoms with Crippen molar-refractivity contribution < 1.29 is 13.2 Å². The molecule has 2 N–H and O–H groups in total. The molecular weight excluding hydrogens is 450 g/mol. The van der Waals surface area contributed by atoms with Crippen LogP contribution in [-0.2, 0) is 16.6 Å². The molecule has 0 aliphatic heterocycles. The second-order valence-electron chi connectivity index (χ2n) is 9.14. The van der Waals surface area contributed by atoms with Crippen LogP contribution in [-0.4, -0.2) is 34.4 Å². The Morgan fingerprint density at radius 2 is 1.79 bits per heavy atom. The number of pyridine rings is 1. The number of nitrogens with one attached hydrogen (secondary N) is 2. The molecule has 2 aromatic carbocycles. The van der Waals surface area contributed by atoms with E-state index in [4.69, 9.17) is 0 Å². The summed E-state index contributed by atoms with van der Waals surface area (Å²) in [5, 5.41) is 2.85. The van der Waals surface area contributed by atoms with Gasteiger partial charge in [-0.2, -0.15) is 0 Å². The molecule has 176 valence electrons. The summed E-state index contributed by atoms with van der Waals surface area (Å²) in [5.41, 5.74) is 3.03. The Balaban J connectivity index is 1.48. The molecule has 9 heteroatoms. The molecule has 0 aliphatic carbocycles. The Morgan fingerprint density at radius 3 is 2.50 bits per heavy atom. The summed E-state index contributed by atoms with van der Waals surface area (Å²) in [7, 11) is -3.75. The molecule has 0 saturated heterocycles. The number of amides is 1. The van der Waals surface area contributed by atoms with Crippen LogP contribution in [0.1, 0.15) is 42.3 Å². The predicted molar refractivity (Wildman–Crippen MR) is 131 cm³/mol. The fourth-order valence-electron chi connectivity index (χ4n) is 3.56. The maximum Gasteiger partial charge on any atom is 0.251 e. The first-order valence-corrected chi connectivity index (χ1v) is 12.3. The van der Waals surface area contributed by atoms with Gasteiger partial charge < -0.3 is 5.32 Å². The van der Waals surface area contributed by atoms with Crippen molar-refractivity contribution >= 4 is 27.0 Å². The zero-order chi connectivity index (χ0) is 24.5. The Labute approximate surface area is 199 Å². The number of rotatable bonds is 6. The van der Waals surface area contributed by atoms with E-state index in [1.807, 2.05) is 41.0 Å². The first kappa shape index (κ1) is 23.6. The summed E-state index contributed by atoms with van der Waals surface area (Å²) in [5.74, 6) is 0.374. The fraction of sp³-hybridized carbons (Fsp3) is 0.240. The number of nitrogens with zero attached hydrogens (tertiary/aromatic N) is 3. The van der Waals surface area contributed by atoms with Gasteiger partial charge in [0.25, 0.3) is 5.91 Å². The number of aromatic nitrogens is 3. The van der Waals surface area contributed by atoms with Gasteiger partial charge >= 0.3 is 0 Å². The summed E-state index contributed by atoms with van der Waals surface area (Å²) in [6.45, 7) is 7.32. The van der Waals surface area contributed by atoms with Gasteiger partial charge in [0.05, 0.1) is 15.9 Å². The highest BCUT2D eigenvalue weighted by molar-refractivity contribution is 7.89. The number of para-hydroxylation sites is 2. The van der Waals surface area contributed by atoms with E-state index in [1.54, 1.807) is 46.3 Å². The molecule has 4 rings (SSSR count). The zero-order valence-electron chi connectivity index (χ0n) is 19.5. The average Bonchev–Trinajstić information content (AvgIpc) is 3.20. The molecule has 8 nitrogen and oxygen atoms in total. The fourth-order valence-corrected chi connectivity index (χ4v) is 5.00. The number of carbonyl (C=O) groups excluding carboxylic acids is 1. The Bertz CT molecular complexity index is 1450. The third-order valence-corrected chi connectivity index (χ3v) is 6.92. The molecule has 0 unspecified atom stereocenters. The quantitative estimate of drug-likeness (QED) is 0.440. The number of carbonyl (C=O) groups is 1. The number of hydrogen-bond donors (Lipinski definition) is 2. The smallest absolute Gasteiger partial charge is 0.251 e. The van der Waals surface area contributed by atoms with Crippen molar-refractivity contribution in [3.05, 3.63) is 83.8 Å². The van der Waals surface area contributed by atoms with Gasteiger partial charge in [-0.3, -0.25) is 9.36 Å². The van der Waals surface area contributed by atoms with Crippen molar-refractivity contribution in [3.63, 3.8) is 0 Å². The lowest BCUT2D eigenvalue weighted by Crippen LogP contribution is -2.40. The van der Waals surface area contributed by atoms with Gasteiger partial charge in [-0.15, -0.1) is 0 Å². The Hall–Kier alpha value is -3.56. The van der Waals surface area contributed by atoms with E-state index in [0.717, 1.165) is 22.4 Å². The average molecular weight is 478 g/mol. The van der Waals surface area contributed by atoms with Gasteiger partial charge in [-0.1, -0.05) is 24.3 Å². The van der Waals surface area contributed by atoms with Gasteiger partial charge in [0.1, 0.15) is 12.1 Å². The largest absolute Gasteiger partial charge is 0.348 e. The predicted octanol–water partition coefficient (Wildman–Crippen LogP) is 3.74. The minimum absolute atomic E-state index is 0.0525. The SMILES string of the molecule is Cc1ccc(S(=O)(=O)NC(C)(C)C)cc1C(=O)NCc1ccc(-n2cnc3ccccc32)nc1. The molecule has 0 radical (unpaired) electrons. The lowest BCUT2D eigenvalue weighted by Gasteiger charge is -2.20. The first-order valence-electron chi connectivity index (χ1n) is 10.8. The number of fused-ring (bicyclic) bond motifs is 1. The number of benzene rings is 2. The lowest BCUT2D eigenvalue weighted by atomic mass is 10.1. The van der Waals surface area contributed by atoms with Crippen LogP contribution in [0, 0.1) is 6.92 Å². The van der Waals surface area contributed by atoms with Crippen LogP contribution >= 0.6 is 0 Å². The van der Waals surface area contributed by atoms with Gasteiger partial charge in [0, 0.05) is 23.8 Å². The van der Waals surface area contributed by atoms with E-state index in [1.165, 1.54) is 12.1 Å². The number of hydrogen-bond acceptors (Lipinski definition) is 5. The summed E-state index contributed by atoms with van der Waals surface area (Å²) in [4.78, 5) is 21.8. The molecule has 0 bridgehead atoms. The highest BCUT2D eigenvalue weighted by Gasteiger charge is 2.23. The Morgan fingerprint density at radius 1 is 1.03 bits per heavy atom. The highest BCUT2D eigenvalue weighted by Crippen LogP contribution is 2.19. The standard InChI is InChI=1S/C25H27N5O3S/c1-17-9-11-19(34(32,33)29-25(2,3)4)13-20(17)24(31)27-15-18-10-12-23(26-14-18)30-16-28-21-7-5-6-8-22(21)30/h5-14,16,29H,15H2,1-4H3,(H,27,31). The van der Waals surface area contributed by atoms with E-state index in [0.29, 0.717) is 11.1 Å². The van der Waals surface area contributed by atoms with E-state index in [-0.39, 0.29) is 17.3 Å². The molecular formula is C25H27N5O3S. The van der Waals surface area contributed by atoms with Crippen LogP contribution in [0.25, 0.3) is 16.9 Å². The van der Waals surface area contributed by atoms with Crippen LogP contribution in [0.2, 0.25) is 0 Å². The number of imidazole rings is 1. The van der Waals surface area contributed by atoms with E-state index >= 15 is 0 Å². The maximum atomic E-state index is 12.8. The van der Waals surface area contributed by atoms with Gasteiger partial charge in [0.2, 0.25) is 10.0 Å². The minimum atomic E-state index is -3.75. The van der Waals surface area contributed by atoms with Crippen LogP contribution in [0.3, 0.4) is 0 Å². The molecule has 0 fully saturated rings. The Kier molecular flexibility index (Phi) is 6.24. The molecule has 34 heavy (non-hydrogen) atoms. The van der Waals surface area contributed by atoms with Crippen LogP contribution in [0.5, 0.6) is 0 Å². The monoisotopic (exact) mass is 477 g/mol. The molecule has 0 saturated carbocycles. The summed E-state index contributed by atoms with van der Waals surface area (Å²) < 4.78 is 29.8. The van der Waals surface area contributed by atoms with Gasteiger partial charge in [0.15, 0.2) is 0 Å². The first-order chi connectivity index (χ1) is 16.0. The van der Waals surface area contributed by atoms with E-state index < -0.39 is 15.6 Å². The normalized spacial score (nSPS) is 12.1. The molecule has 0 aliphatic rings. The van der Waals surface area contributed by atoms with E-state index in [2.05, 4.69) is 20.0 Å². The number of sulfonamides is 1. The second-order valence-corrected chi connectivity index (χ2v) is 10.8. The maximum absolute atomic E-state index is 12.8. The summed E-state index contributed by atoms with van der Waals surface area (Å²) in [6, 6.07) is 16.1. The molecule has 4 aromatic rings. The third-order valence-electron chi connectivity index (χ3n) is 5.17. The van der Waals surface area contributed by atoms with Gasteiger partial charge in [-0.25, -0.2) is 23.1 Å². The lowest BCUT2D eigenvalue weighted by molar-refractivity contribution is 0.0950. The topological polar surface area (TPSA) is 106 Å². The third kappa shape index (κ3) is 5.16. The minimum Gasteiger partial charge on any atom is -0.348 e. The van der Waals surface area contributed by atoms with Crippen LogP contribution < -0.4 is 10.0 Å². The molecule has 2 heterocycles. The highest BCUT2D eigenvalue weighted by atomic mass is 32.2. The zero-order valence-corrected chi connectivity index (χ0v) is 20.3. The van der Waals surface area contributed by atoms with Crippen LogP contribution in [0.4, 0.5) is 0 Å². The van der Waals surface area contributed by atoms with Crippen molar-refractivity contribution in [2.24, 2.45) is 0 Å². The van der Waals surface area contributed by atoms with Gasteiger partial charge in [-0.05, 0) is 69.2 Å².